The van der Waals surface area contributed by atoms with Gasteiger partial charge < -0.3 is 5.11 Å². The maximum atomic E-state index is 12.2. The molecule has 1 saturated heterocycles. The minimum absolute atomic E-state index is 0.293. The van der Waals surface area contributed by atoms with Gasteiger partial charge in [0.15, 0.2) is 5.03 Å². The molecule has 94 valence electrons. The number of hydrogen-bond acceptors (Lipinski definition) is 4. The lowest BCUT2D eigenvalue weighted by Crippen LogP contribution is -2.30. The molecular weight excluding hydrogens is 246 g/mol. The summed E-state index contributed by atoms with van der Waals surface area (Å²) in [6.45, 7) is 2.79. The molecule has 0 amide bonds. The van der Waals surface area contributed by atoms with Crippen LogP contribution < -0.4 is 0 Å². The van der Waals surface area contributed by atoms with Crippen molar-refractivity contribution < 1.29 is 18.3 Å². The van der Waals surface area contributed by atoms with Crippen LogP contribution in [0.3, 0.4) is 0 Å². The summed E-state index contributed by atoms with van der Waals surface area (Å²) in [5.74, 6) is -1.01. The minimum Gasteiger partial charge on any atom is -0.478 e. The predicted molar refractivity (Wildman–Crippen MR) is 58.1 cm³/mol. The highest BCUT2D eigenvalue weighted by atomic mass is 32.2. The summed E-state index contributed by atoms with van der Waals surface area (Å²) in [5.41, 5.74) is -0.315. The number of H-pyrrole nitrogens is 1. The van der Waals surface area contributed by atoms with Gasteiger partial charge in [0.05, 0.1) is 6.20 Å². The van der Waals surface area contributed by atoms with Gasteiger partial charge in [-0.25, -0.2) is 13.2 Å². The number of hydrogen-bond donors (Lipinski definition) is 2. The third-order valence-corrected chi connectivity index (χ3v) is 4.66. The first-order valence-corrected chi connectivity index (χ1v) is 6.63. The second kappa shape index (κ2) is 4.11. The second-order valence-corrected chi connectivity index (χ2v) is 6.05. The molecule has 8 heteroatoms. The fourth-order valence-corrected chi connectivity index (χ4v) is 3.51. The van der Waals surface area contributed by atoms with Crippen molar-refractivity contribution in [1.82, 2.24) is 14.5 Å². The zero-order valence-corrected chi connectivity index (χ0v) is 10.1. The molecule has 0 aliphatic carbocycles. The molecular formula is C9H13N3O4S. The SMILES string of the molecule is CC1CCN(S(=O)(=O)c2[nH]ncc2C(=O)O)C1. The van der Waals surface area contributed by atoms with Crippen molar-refractivity contribution in [3.05, 3.63) is 11.8 Å². The largest absolute Gasteiger partial charge is 0.478 e. The number of rotatable bonds is 3. The van der Waals surface area contributed by atoms with Crippen molar-refractivity contribution >= 4 is 16.0 Å². The molecule has 2 N–H and O–H groups in total. The monoisotopic (exact) mass is 259 g/mol. The van der Waals surface area contributed by atoms with Crippen molar-refractivity contribution in [2.75, 3.05) is 13.1 Å². The van der Waals surface area contributed by atoms with Gasteiger partial charge in [-0.3, -0.25) is 5.10 Å². The molecule has 1 aromatic heterocycles. The molecule has 1 fully saturated rings. The molecule has 1 atom stereocenters. The standard InChI is InChI=1S/C9H13N3O4S/c1-6-2-3-12(5-6)17(15,16)8-7(9(13)14)4-10-11-8/h4,6H,2-3,5H2,1H3,(H,10,11)(H,13,14). The number of nitrogens with one attached hydrogen (secondary N) is 1. The van der Waals surface area contributed by atoms with Crippen LogP contribution in [-0.4, -0.2) is 47.1 Å². The average Bonchev–Trinajstić information content (AvgIpc) is 2.84. The van der Waals surface area contributed by atoms with Crippen LogP contribution in [0, 0.1) is 5.92 Å². The van der Waals surface area contributed by atoms with Gasteiger partial charge in [0, 0.05) is 13.1 Å². The normalized spacial score (nSPS) is 21.8. The Morgan fingerprint density at radius 1 is 1.65 bits per heavy atom. The zero-order chi connectivity index (χ0) is 12.6. The van der Waals surface area contributed by atoms with Gasteiger partial charge in [0.2, 0.25) is 0 Å². The summed E-state index contributed by atoms with van der Waals surface area (Å²) in [6.07, 6.45) is 1.80. The van der Waals surface area contributed by atoms with Crippen LogP contribution in [0.2, 0.25) is 0 Å². The fraction of sp³-hybridized carbons (Fsp3) is 0.556. The van der Waals surface area contributed by atoms with Gasteiger partial charge in [0.1, 0.15) is 5.56 Å². The van der Waals surface area contributed by atoms with Crippen molar-refractivity contribution in [2.45, 2.75) is 18.4 Å². The van der Waals surface area contributed by atoms with Crippen molar-refractivity contribution in [1.29, 1.82) is 0 Å². The van der Waals surface area contributed by atoms with Gasteiger partial charge >= 0.3 is 5.97 Å². The molecule has 0 spiro atoms. The van der Waals surface area contributed by atoms with Crippen molar-refractivity contribution in [3.63, 3.8) is 0 Å². The summed E-state index contributed by atoms with van der Waals surface area (Å²) in [7, 11) is -3.77. The smallest absolute Gasteiger partial charge is 0.340 e. The molecule has 1 unspecified atom stereocenters. The maximum absolute atomic E-state index is 12.2. The van der Waals surface area contributed by atoms with E-state index >= 15 is 0 Å². The quantitative estimate of drug-likeness (QED) is 0.803. The Balaban J connectivity index is 2.38. The summed E-state index contributed by atoms with van der Waals surface area (Å²) in [5, 5.41) is 14.3. The van der Waals surface area contributed by atoms with Gasteiger partial charge in [0.25, 0.3) is 10.0 Å². The van der Waals surface area contributed by atoms with E-state index in [-0.39, 0.29) is 10.6 Å². The molecule has 0 saturated carbocycles. The van der Waals surface area contributed by atoms with Crippen LogP contribution in [-0.2, 0) is 10.0 Å². The molecule has 1 aliphatic heterocycles. The van der Waals surface area contributed by atoms with E-state index in [0.29, 0.717) is 19.0 Å². The van der Waals surface area contributed by atoms with Crippen molar-refractivity contribution in [2.24, 2.45) is 5.92 Å². The van der Waals surface area contributed by atoms with Gasteiger partial charge in [-0.2, -0.15) is 9.40 Å². The zero-order valence-electron chi connectivity index (χ0n) is 9.25. The summed E-state index contributed by atoms with van der Waals surface area (Å²) >= 11 is 0. The third kappa shape index (κ3) is 2.05. The average molecular weight is 259 g/mol. The van der Waals surface area contributed by atoms with Gasteiger partial charge in [-0.05, 0) is 12.3 Å². The van der Waals surface area contributed by atoms with E-state index in [1.807, 2.05) is 6.92 Å². The lowest BCUT2D eigenvalue weighted by Gasteiger charge is -2.14. The highest BCUT2D eigenvalue weighted by Gasteiger charge is 2.34. The van der Waals surface area contributed by atoms with E-state index in [4.69, 9.17) is 5.11 Å². The van der Waals surface area contributed by atoms with Crippen LogP contribution in [0.15, 0.2) is 11.2 Å². The van der Waals surface area contributed by atoms with Crippen LogP contribution in [0.4, 0.5) is 0 Å². The van der Waals surface area contributed by atoms with Crippen LogP contribution >= 0.6 is 0 Å². The van der Waals surface area contributed by atoms with Crippen LogP contribution in [0.1, 0.15) is 23.7 Å². The number of aromatic amines is 1. The first-order chi connectivity index (χ1) is 7.93. The van der Waals surface area contributed by atoms with E-state index in [1.165, 1.54) is 4.31 Å². The minimum atomic E-state index is -3.77. The van der Waals surface area contributed by atoms with Gasteiger partial charge in [-0.15, -0.1) is 0 Å². The highest BCUT2D eigenvalue weighted by molar-refractivity contribution is 7.89. The highest BCUT2D eigenvalue weighted by Crippen LogP contribution is 2.24. The van der Waals surface area contributed by atoms with E-state index < -0.39 is 16.0 Å². The fourth-order valence-electron chi connectivity index (χ4n) is 1.87. The number of sulfonamides is 1. The molecule has 0 radical (unpaired) electrons. The van der Waals surface area contributed by atoms with E-state index in [0.717, 1.165) is 12.6 Å². The Morgan fingerprint density at radius 2 is 2.35 bits per heavy atom. The topological polar surface area (TPSA) is 103 Å². The lowest BCUT2D eigenvalue weighted by molar-refractivity contribution is 0.0692. The molecule has 1 aliphatic rings. The summed E-state index contributed by atoms with van der Waals surface area (Å²) in [4.78, 5) is 10.9. The third-order valence-electron chi connectivity index (χ3n) is 2.82. The number of carboxylic acids is 1. The van der Waals surface area contributed by atoms with Crippen molar-refractivity contribution in [3.8, 4) is 0 Å². The van der Waals surface area contributed by atoms with E-state index in [1.54, 1.807) is 0 Å². The second-order valence-electron chi connectivity index (χ2n) is 4.17. The van der Waals surface area contributed by atoms with E-state index in [2.05, 4.69) is 10.2 Å². The molecule has 17 heavy (non-hydrogen) atoms. The number of carboxylic acid groups (broad SMARTS) is 1. The predicted octanol–water partition coefficient (Wildman–Crippen LogP) is 0.138. The Hall–Kier alpha value is -1.41. The molecule has 0 aromatic carbocycles. The van der Waals surface area contributed by atoms with E-state index in [9.17, 15) is 13.2 Å². The molecule has 1 aromatic rings. The lowest BCUT2D eigenvalue weighted by atomic mass is 10.2. The Morgan fingerprint density at radius 3 is 2.88 bits per heavy atom. The Bertz CT molecular complexity index is 536. The number of aromatic carboxylic acids is 1. The first kappa shape index (κ1) is 12.1. The Labute approximate surface area is 98.5 Å². The van der Waals surface area contributed by atoms with Gasteiger partial charge in [-0.1, -0.05) is 6.92 Å². The first-order valence-electron chi connectivity index (χ1n) is 5.19. The summed E-state index contributed by atoms with van der Waals surface area (Å²) < 4.78 is 25.6. The molecule has 0 bridgehead atoms. The molecule has 2 rings (SSSR count). The number of nitrogens with zero attached hydrogens (tertiary/aromatic N) is 2. The molecule has 2 heterocycles. The number of carbonyl (C=O) groups is 1. The van der Waals surface area contributed by atoms with Crippen LogP contribution in [0.5, 0.6) is 0 Å². The summed E-state index contributed by atoms with van der Waals surface area (Å²) in [6, 6.07) is 0. The Kier molecular flexibility index (Phi) is 2.92. The maximum Gasteiger partial charge on any atom is 0.340 e. The van der Waals surface area contributed by atoms with Crippen LogP contribution in [0.25, 0.3) is 0 Å². The number of aromatic nitrogens is 2. The molecule has 7 nitrogen and oxygen atoms in total.